The Balaban J connectivity index is 1.54. The van der Waals surface area contributed by atoms with Crippen LogP contribution in [0.4, 0.5) is 29.3 Å². The first-order chi connectivity index (χ1) is 17.2. The van der Waals surface area contributed by atoms with Crippen molar-refractivity contribution in [1.29, 1.82) is 0 Å². The van der Waals surface area contributed by atoms with Crippen molar-refractivity contribution in [1.82, 2.24) is 0 Å². The number of nitrogens with one attached hydrogen (secondary N) is 2. The molecule has 0 bridgehead atoms. The number of hydrogen-bond donors (Lipinski definition) is 2. The lowest BCUT2D eigenvalue weighted by atomic mass is 10.0. The van der Waals surface area contributed by atoms with Crippen molar-refractivity contribution in [2.45, 2.75) is 12.6 Å². The standard InChI is InChI=1S/C27H19Cl2F3N2O2/c28-20-10-12-24(22(29)16-20)36-25-11-9-19(27(30,31)32)15-23(25)34-26(35)33-21-8-4-7-18(14-21)13-17-5-2-1-3-6-17/h1-12,14-16H,13H2,(H2,33,34,35). The van der Waals surface area contributed by atoms with Crippen LogP contribution >= 0.6 is 23.2 Å². The predicted octanol–water partition coefficient (Wildman–Crippen LogP) is 9.04. The van der Waals surface area contributed by atoms with Crippen LogP contribution in [0.25, 0.3) is 0 Å². The summed E-state index contributed by atoms with van der Waals surface area (Å²) in [6, 6.07) is 23.5. The van der Waals surface area contributed by atoms with Gasteiger partial charge in [0.1, 0.15) is 5.75 Å². The molecule has 0 fully saturated rings. The predicted molar refractivity (Wildman–Crippen MR) is 136 cm³/mol. The fourth-order valence-electron chi connectivity index (χ4n) is 3.44. The molecule has 0 spiro atoms. The molecule has 4 aromatic rings. The molecule has 4 aromatic carbocycles. The summed E-state index contributed by atoms with van der Waals surface area (Å²) in [5, 5.41) is 5.63. The normalized spacial score (nSPS) is 11.1. The highest BCUT2D eigenvalue weighted by Crippen LogP contribution is 2.39. The first-order valence-electron chi connectivity index (χ1n) is 10.7. The van der Waals surface area contributed by atoms with Gasteiger partial charge in [0.25, 0.3) is 0 Å². The summed E-state index contributed by atoms with van der Waals surface area (Å²) in [5.41, 5.74) is 1.41. The Morgan fingerprint density at radius 2 is 1.50 bits per heavy atom. The fraction of sp³-hybridized carbons (Fsp3) is 0.0741. The van der Waals surface area contributed by atoms with Crippen molar-refractivity contribution in [3.05, 3.63) is 118 Å². The molecule has 4 rings (SSSR count). The molecule has 2 N–H and O–H groups in total. The smallest absolute Gasteiger partial charge is 0.416 e. The van der Waals surface area contributed by atoms with Gasteiger partial charge in [0.05, 0.1) is 16.3 Å². The molecule has 0 atom stereocenters. The molecule has 0 saturated carbocycles. The monoisotopic (exact) mass is 530 g/mol. The van der Waals surface area contributed by atoms with E-state index in [1.54, 1.807) is 18.2 Å². The lowest BCUT2D eigenvalue weighted by Gasteiger charge is -2.16. The van der Waals surface area contributed by atoms with Crippen molar-refractivity contribution >= 4 is 40.6 Å². The number of carbonyl (C=O) groups is 1. The van der Waals surface area contributed by atoms with E-state index >= 15 is 0 Å². The Bertz CT molecular complexity index is 1380. The molecular weight excluding hydrogens is 512 g/mol. The molecule has 2 amide bonds. The van der Waals surface area contributed by atoms with E-state index in [0.717, 1.165) is 29.3 Å². The Hall–Kier alpha value is -3.68. The number of urea groups is 1. The van der Waals surface area contributed by atoms with E-state index in [1.807, 2.05) is 36.4 Å². The van der Waals surface area contributed by atoms with Crippen LogP contribution in [0.1, 0.15) is 16.7 Å². The lowest BCUT2D eigenvalue weighted by molar-refractivity contribution is -0.137. The van der Waals surface area contributed by atoms with Gasteiger partial charge in [-0.1, -0.05) is 65.7 Å². The van der Waals surface area contributed by atoms with E-state index < -0.39 is 17.8 Å². The SMILES string of the molecule is O=C(Nc1cccc(Cc2ccccc2)c1)Nc1cc(C(F)(F)F)ccc1Oc1ccc(Cl)cc1Cl. The molecule has 0 radical (unpaired) electrons. The van der Waals surface area contributed by atoms with E-state index in [-0.39, 0.29) is 22.2 Å². The van der Waals surface area contributed by atoms with Gasteiger partial charge in [0, 0.05) is 10.7 Å². The number of hydrogen-bond acceptors (Lipinski definition) is 2. The van der Waals surface area contributed by atoms with Crippen molar-refractivity contribution in [2.24, 2.45) is 0 Å². The Labute approximate surface area is 215 Å². The van der Waals surface area contributed by atoms with Crippen LogP contribution in [-0.4, -0.2) is 6.03 Å². The molecule has 0 aliphatic rings. The quantitative estimate of drug-likeness (QED) is 0.261. The van der Waals surface area contributed by atoms with E-state index in [9.17, 15) is 18.0 Å². The molecule has 0 saturated heterocycles. The van der Waals surface area contributed by atoms with Crippen LogP contribution in [0.3, 0.4) is 0 Å². The van der Waals surface area contributed by atoms with Gasteiger partial charge < -0.3 is 15.4 Å². The van der Waals surface area contributed by atoms with Crippen LogP contribution in [0.5, 0.6) is 11.5 Å². The first kappa shape index (κ1) is 25.4. The molecule has 4 nitrogen and oxygen atoms in total. The fourth-order valence-corrected chi connectivity index (χ4v) is 3.89. The van der Waals surface area contributed by atoms with Crippen molar-refractivity contribution in [3.63, 3.8) is 0 Å². The summed E-state index contributed by atoms with van der Waals surface area (Å²) in [6.07, 6.45) is -3.96. The maximum absolute atomic E-state index is 13.3. The average Bonchev–Trinajstić information content (AvgIpc) is 2.82. The van der Waals surface area contributed by atoms with E-state index in [2.05, 4.69) is 10.6 Å². The zero-order valence-corrected chi connectivity index (χ0v) is 20.1. The molecular formula is C27H19Cl2F3N2O2. The van der Waals surface area contributed by atoms with Gasteiger partial charge in [-0.05, 0) is 66.1 Å². The van der Waals surface area contributed by atoms with Gasteiger partial charge in [-0.3, -0.25) is 0 Å². The zero-order chi connectivity index (χ0) is 25.7. The van der Waals surface area contributed by atoms with Crippen molar-refractivity contribution in [3.8, 4) is 11.5 Å². The number of benzene rings is 4. The van der Waals surface area contributed by atoms with Gasteiger partial charge in [0.2, 0.25) is 0 Å². The molecule has 0 aliphatic heterocycles. The number of carbonyl (C=O) groups excluding carboxylic acids is 1. The van der Waals surface area contributed by atoms with Crippen molar-refractivity contribution < 1.29 is 22.7 Å². The van der Waals surface area contributed by atoms with E-state index in [1.165, 1.54) is 18.2 Å². The van der Waals surface area contributed by atoms with Crippen LogP contribution in [0.2, 0.25) is 10.0 Å². The Morgan fingerprint density at radius 3 is 2.22 bits per heavy atom. The Morgan fingerprint density at radius 1 is 0.778 bits per heavy atom. The number of ether oxygens (including phenoxy) is 1. The molecule has 0 unspecified atom stereocenters. The molecule has 36 heavy (non-hydrogen) atoms. The van der Waals surface area contributed by atoms with Gasteiger partial charge in [-0.2, -0.15) is 13.2 Å². The van der Waals surface area contributed by atoms with Crippen LogP contribution < -0.4 is 15.4 Å². The summed E-state index contributed by atoms with van der Waals surface area (Å²) in [7, 11) is 0. The highest BCUT2D eigenvalue weighted by molar-refractivity contribution is 6.35. The van der Waals surface area contributed by atoms with E-state index in [4.69, 9.17) is 27.9 Å². The minimum Gasteiger partial charge on any atom is -0.454 e. The topological polar surface area (TPSA) is 50.4 Å². The maximum Gasteiger partial charge on any atom is 0.416 e. The summed E-state index contributed by atoms with van der Waals surface area (Å²) in [4.78, 5) is 12.7. The summed E-state index contributed by atoms with van der Waals surface area (Å²) in [5.74, 6) is 0.137. The third-order valence-corrected chi connectivity index (χ3v) is 5.64. The largest absolute Gasteiger partial charge is 0.454 e. The minimum absolute atomic E-state index is 0.0276. The molecule has 9 heteroatoms. The number of anilines is 2. The minimum atomic E-state index is -4.62. The molecule has 184 valence electrons. The van der Waals surface area contributed by atoms with Crippen molar-refractivity contribution in [2.75, 3.05) is 10.6 Å². The highest BCUT2D eigenvalue weighted by atomic mass is 35.5. The van der Waals surface area contributed by atoms with Crippen LogP contribution in [0.15, 0.2) is 91.0 Å². The van der Waals surface area contributed by atoms with E-state index in [0.29, 0.717) is 17.1 Å². The summed E-state index contributed by atoms with van der Waals surface area (Å²) in [6.45, 7) is 0. The first-order valence-corrected chi connectivity index (χ1v) is 11.5. The molecule has 0 aromatic heterocycles. The maximum atomic E-state index is 13.3. The molecule has 0 heterocycles. The third-order valence-electron chi connectivity index (χ3n) is 5.10. The Kier molecular flexibility index (Phi) is 7.72. The molecule has 0 aliphatic carbocycles. The summed E-state index contributed by atoms with van der Waals surface area (Å²) < 4.78 is 45.7. The second kappa shape index (κ2) is 10.9. The van der Waals surface area contributed by atoms with Gasteiger partial charge in [-0.15, -0.1) is 0 Å². The number of alkyl halides is 3. The van der Waals surface area contributed by atoms with Gasteiger partial charge in [0.15, 0.2) is 5.75 Å². The lowest BCUT2D eigenvalue weighted by Crippen LogP contribution is -2.20. The zero-order valence-electron chi connectivity index (χ0n) is 18.6. The second-order valence-electron chi connectivity index (χ2n) is 7.83. The number of rotatable bonds is 6. The van der Waals surface area contributed by atoms with Crippen LogP contribution in [0, 0.1) is 0 Å². The summed E-state index contributed by atoms with van der Waals surface area (Å²) >= 11 is 12.0. The second-order valence-corrected chi connectivity index (χ2v) is 8.67. The van der Waals surface area contributed by atoms with Gasteiger partial charge >= 0.3 is 12.2 Å². The van der Waals surface area contributed by atoms with Gasteiger partial charge in [-0.25, -0.2) is 4.79 Å². The van der Waals surface area contributed by atoms with Crippen LogP contribution in [-0.2, 0) is 12.6 Å². The highest BCUT2D eigenvalue weighted by Gasteiger charge is 2.31. The number of amides is 2. The average molecular weight is 531 g/mol. The number of halogens is 5. The third kappa shape index (κ3) is 6.71.